The number of carbonyl (C=O) groups is 1. The van der Waals surface area contributed by atoms with Gasteiger partial charge in [-0.2, -0.15) is 0 Å². The van der Waals surface area contributed by atoms with Crippen LogP contribution >= 0.6 is 0 Å². The fourth-order valence-electron chi connectivity index (χ4n) is 1.88. The number of likely N-dealkylation sites (tertiary alicyclic amines) is 1. The Morgan fingerprint density at radius 3 is 2.92 bits per heavy atom. The van der Waals surface area contributed by atoms with Gasteiger partial charge in [0.25, 0.3) is 0 Å². The predicted octanol–water partition coefficient (Wildman–Crippen LogP) is 1.12. The summed E-state index contributed by atoms with van der Waals surface area (Å²) in [5.41, 5.74) is 5.91. The van der Waals surface area contributed by atoms with E-state index in [1.807, 2.05) is 11.8 Å². The van der Waals surface area contributed by atoms with E-state index in [0.29, 0.717) is 6.42 Å². The predicted molar refractivity (Wildman–Crippen MR) is 53.3 cm³/mol. The smallest absolute Gasteiger partial charge is 0.222 e. The third-order valence-corrected chi connectivity index (χ3v) is 2.83. The number of amides is 1. The Balaban J connectivity index is 2.52. The number of nitrogens with two attached hydrogens (primary N) is 1. The Morgan fingerprint density at radius 1 is 1.62 bits per heavy atom. The first-order valence-corrected chi connectivity index (χ1v) is 5.22. The number of hydrogen-bond donors (Lipinski definition) is 1. The first kappa shape index (κ1) is 10.5. The summed E-state index contributed by atoms with van der Waals surface area (Å²) in [6.07, 6.45) is 3.70. The largest absolute Gasteiger partial charge is 0.338 e. The first-order valence-electron chi connectivity index (χ1n) is 5.22. The normalized spacial score (nSPS) is 29.0. The van der Waals surface area contributed by atoms with Gasteiger partial charge in [-0.3, -0.25) is 4.79 Å². The van der Waals surface area contributed by atoms with Crippen LogP contribution in [0.15, 0.2) is 0 Å². The van der Waals surface area contributed by atoms with Gasteiger partial charge < -0.3 is 10.6 Å². The van der Waals surface area contributed by atoms with Crippen LogP contribution in [-0.4, -0.2) is 29.4 Å². The van der Waals surface area contributed by atoms with E-state index in [4.69, 9.17) is 5.73 Å². The summed E-state index contributed by atoms with van der Waals surface area (Å²) < 4.78 is 0. The van der Waals surface area contributed by atoms with Crippen molar-refractivity contribution in [3.63, 3.8) is 0 Å². The summed E-state index contributed by atoms with van der Waals surface area (Å²) in [7, 11) is 0. The van der Waals surface area contributed by atoms with Gasteiger partial charge in [-0.25, -0.2) is 0 Å². The average Bonchev–Trinajstić information content (AvgIpc) is 2.10. The molecule has 0 aromatic heterocycles. The van der Waals surface area contributed by atoms with E-state index in [1.54, 1.807) is 0 Å². The summed E-state index contributed by atoms with van der Waals surface area (Å²) in [6.45, 7) is 4.98. The van der Waals surface area contributed by atoms with Gasteiger partial charge in [0.1, 0.15) is 0 Å². The van der Waals surface area contributed by atoms with Crippen molar-refractivity contribution in [2.24, 2.45) is 5.73 Å². The molecule has 76 valence electrons. The molecule has 2 atom stereocenters. The van der Waals surface area contributed by atoms with Crippen LogP contribution in [-0.2, 0) is 4.79 Å². The van der Waals surface area contributed by atoms with Gasteiger partial charge in [-0.05, 0) is 26.2 Å². The van der Waals surface area contributed by atoms with Gasteiger partial charge in [0.05, 0.1) is 0 Å². The summed E-state index contributed by atoms with van der Waals surface area (Å²) in [5, 5.41) is 0. The Labute approximate surface area is 80.3 Å². The minimum atomic E-state index is 0.176. The molecule has 0 bridgehead atoms. The molecule has 13 heavy (non-hydrogen) atoms. The summed E-state index contributed by atoms with van der Waals surface area (Å²) >= 11 is 0. The Kier molecular flexibility index (Phi) is 3.72. The standard InChI is InChI=1S/C10H20N2O/c1-3-5-10(13)12-7-4-6-9(11)8(12)2/h8-9H,3-7,11H2,1-2H3/t8-,9-/m1/s1. The molecule has 3 nitrogen and oxygen atoms in total. The third kappa shape index (κ3) is 2.44. The van der Waals surface area contributed by atoms with Crippen molar-refractivity contribution in [2.45, 2.75) is 51.6 Å². The quantitative estimate of drug-likeness (QED) is 0.699. The van der Waals surface area contributed by atoms with Gasteiger partial charge in [-0.15, -0.1) is 0 Å². The molecule has 0 radical (unpaired) electrons. The molecular formula is C10H20N2O. The number of nitrogens with zero attached hydrogens (tertiary/aromatic N) is 1. The van der Waals surface area contributed by atoms with Crippen molar-refractivity contribution in [1.29, 1.82) is 0 Å². The topological polar surface area (TPSA) is 46.3 Å². The maximum atomic E-state index is 11.6. The highest BCUT2D eigenvalue weighted by atomic mass is 16.2. The van der Waals surface area contributed by atoms with Gasteiger partial charge in [0.2, 0.25) is 5.91 Å². The van der Waals surface area contributed by atoms with E-state index >= 15 is 0 Å². The highest BCUT2D eigenvalue weighted by Crippen LogP contribution is 2.16. The van der Waals surface area contributed by atoms with Crippen molar-refractivity contribution in [3.8, 4) is 0 Å². The highest BCUT2D eigenvalue weighted by Gasteiger charge is 2.27. The molecule has 2 N–H and O–H groups in total. The molecule has 0 aromatic rings. The van der Waals surface area contributed by atoms with Crippen LogP contribution in [0.25, 0.3) is 0 Å². The average molecular weight is 184 g/mol. The maximum Gasteiger partial charge on any atom is 0.222 e. The monoisotopic (exact) mass is 184 g/mol. The van der Waals surface area contributed by atoms with Crippen molar-refractivity contribution in [2.75, 3.05) is 6.54 Å². The zero-order valence-corrected chi connectivity index (χ0v) is 8.62. The molecule has 1 aliphatic heterocycles. The molecule has 1 heterocycles. The second-order valence-electron chi connectivity index (χ2n) is 3.88. The first-order chi connectivity index (χ1) is 6.16. The van der Waals surface area contributed by atoms with Crippen molar-refractivity contribution >= 4 is 5.91 Å². The lowest BCUT2D eigenvalue weighted by atomic mass is 9.98. The van der Waals surface area contributed by atoms with Gasteiger partial charge >= 0.3 is 0 Å². The number of piperidine rings is 1. The minimum Gasteiger partial charge on any atom is -0.338 e. The third-order valence-electron chi connectivity index (χ3n) is 2.83. The fourth-order valence-corrected chi connectivity index (χ4v) is 1.88. The molecule has 0 aromatic carbocycles. The van der Waals surface area contributed by atoms with E-state index in [0.717, 1.165) is 25.8 Å². The van der Waals surface area contributed by atoms with Crippen LogP contribution in [0, 0.1) is 0 Å². The molecule has 0 unspecified atom stereocenters. The van der Waals surface area contributed by atoms with Crippen molar-refractivity contribution in [3.05, 3.63) is 0 Å². The van der Waals surface area contributed by atoms with Gasteiger partial charge in [-0.1, -0.05) is 6.92 Å². The minimum absolute atomic E-state index is 0.176. The lowest BCUT2D eigenvalue weighted by Crippen LogP contribution is -2.52. The molecule has 1 amide bonds. The van der Waals surface area contributed by atoms with E-state index in [1.165, 1.54) is 0 Å². The number of rotatable bonds is 2. The highest BCUT2D eigenvalue weighted by molar-refractivity contribution is 5.76. The Morgan fingerprint density at radius 2 is 2.31 bits per heavy atom. The number of carbonyl (C=O) groups excluding carboxylic acids is 1. The van der Waals surface area contributed by atoms with E-state index in [2.05, 4.69) is 6.92 Å². The van der Waals surface area contributed by atoms with Gasteiger partial charge in [0.15, 0.2) is 0 Å². The fraction of sp³-hybridized carbons (Fsp3) is 0.900. The molecule has 1 saturated heterocycles. The summed E-state index contributed by atoms with van der Waals surface area (Å²) in [6, 6.07) is 0.405. The van der Waals surface area contributed by atoms with E-state index in [9.17, 15) is 4.79 Å². The molecule has 0 spiro atoms. The van der Waals surface area contributed by atoms with Crippen LogP contribution < -0.4 is 5.73 Å². The zero-order valence-electron chi connectivity index (χ0n) is 8.62. The molecule has 1 aliphatic rings. The van der Waals surface area contributed by atoms with Crippen molar-refractivity contribution < 1.29 is 4.79 Å². The SMILES string of the molecule is CCCC(=O)N1CCC[C@@H](N)[C@H]1C. The lowest BCUT2D eigenvalue weighted by Gasteiger charge is -2.37. The van der Waals surface area contributed by atoms with Crippen LogP contribution in [0.5, 0.6) is 0 Å². The van der Waals surface area contributed by atoms with Crippen LogP contribution in [0.3, 0.4) is 0 Å². The molecule has 3 heteroatoms. The van der Waals surface area contributed by atoms with Crippen LogP contribution in [0.4, 0.5) is 0 Å². The molecule has 0 aliphatic carbocycles. The zero-order chi connectivity index (χ0) is 9.84. The van der Waals surface area contributed by atoms with E-state index < -0.39 is 0 Å². The molecule has 1 rings (SSSR count). The second-order valence-corrected chi connectivity index (χ2v) is 3.88. The Hall–Kier alpha value is -0.570. The van der Waals surface area contributed by atoms with E-state index in [-0.39, 0.29) is 18.0 Å². The van der Waals surface area contributed by atoms with Crippen LogP contribution in [0.2, 0.25) is 0 Å². The second kappa shape index (κ2) is 4.61. The maximum absolute atomic E-state index is 11.6. The number of hydrogen-bond acceptors (Lipinski definition) is 2. The van der Waals surface area contributed by atoms with Crippen LogP contribution in [0.1, 0.15) is 39.5 Å². The summed E-state index contributed by atoms with van der Waals surface area (Å²) in [4.78, 5) is 13.6. The van der Waals surface area contributed by atoms with Crippen molar-refractivity contribution in [1.82, 2.24) is 4.90 Å². The molecule has 0 saturated carbocycles. The van der Waals surface area contributed by atoms with Gasteiger partial charge in [0, 0.05) is 25.0 Å². The Bertz CT molecular complexity index is 182. The molecular weight excluding hydrogens is 164 g/mol. The molecule has 1 fully saturated rings. The summed E-state index contributed by atoms with van der Waals surface area (Å²) in [5.74, 6) is 0.269. The lowest BCUT2D eigenvalue weighted by molar-refractivity contribution is -0.134.